The number of aliphatic hydroxyl groups is 2. The van der Waals surface area contributed by atoms with Crippen molar-refractivity contribution in [2.75, 3.05) is 36.6 Å². The molecule has 2 aromatic rings. The summed E-state index contributed by atoms with van der Waals surface area (Å²) in [4.78, 5) is 12.8. The van der Waals surface area contributed by atoms with Gasteiger partial charge in [0.2, 0.25) is 0 Å². The van der Waals surface area contributed by atoms with Crippen LogP contribution in [-0.2, 0) is 0 Å². The molecule has 4 N–H and O–H groups in total. The molecule has 0 radical (unpaired) electrons. The Bertz CT molecular complexity index is 711. The number of aliphatic hydroxyl groups excluding tert-OH is 2. The zero-order chi connectivity index (χ0) is 18.1. The number of carbonyl (C=O) groups is 1. The quantitative estimate of drug-likeness (QED) is 0.407. The number of carboxylic acid groups (broad SMARTS) is 1. The van der Waals surface area contributed by atoms with Crippen molar-refractivity contribution in [1.29, 1.82) is 0 Å². The molecule has 0 bridgehead atoms. The molecule has 0 unspecified atom stereocenters. The number of rotatable bonds is 9. The average molecular weight is 343 g/mol. The van der Waals surface area contributed by atoms with E-state index in [0.717, 1.165) is 11.3 Å². The second-order valence-electron chi connectivity index (χ2n) is 5.28. The molecule has 0 saturated heterocycles. The van der Waals surface area contributed by atoms with E-state index in [1.165, 1.54) is 12.1 Å². The molecule has 0 spiro atoms. The Morgan fingerprint density at radius 3 is 2.36 bits per heavy atom. The van der Waals surface area contributed by atoms with Gasteiger partial charge in [-0.25, -0.2) is 4.79 Å². The van der Waals surface area contributed by atoms with Crippen molar-refractivity contribution in [3.8, 4) is 0 Å². The van der Waals surface area contributed by atoms with E-state index in [1.807, 2.05) is 29.2 Å². The van der Waals surface area contributed by atoms with Crippen molar-refractivity contribution in [1.82, 2.24) is 0 Å². The van der Waals surface area contributed by atoms with Gasteiger partial charge in [0, 0.05) is 18.8 Å². The molecule has 0 heterocycles. The van der Waals surface area contributed by atoms with Gasteiger partial charge in [-0.05, 0) is 35.9 Å². The van der Waals surface area contributed by atoms with Crippen LogP contribution in [0.25, 0.3) is 0 Å². The summed E-state index contributed by atoms with van der Waals surface area (Å²) in [5.41, 5.74) is 5.34. The molecule has 0 fully saturated rings. The highest BCUT2D eigenvalue weighted by Crippen LogP contribution is 2.14. The summed E-state index contributed by atoms with van der Waals surface area (Å²) >= 11 is 0. The fourth-order valence-corrected chi connectivity index (χ4v) is 2.29. The van der Waals surface area contributed by atoms with E-state index in [-0.39, 0.29) is 18.8 Å². The molecule has 0 atom stereocenters. The van der Waals surface area contributed by atoms with Gasteiger partial charge in [-0.2, -0.15) is 5.10 Å². The smallest absolute Gasteiger partial charge is 0.335 e. The summed E-state index contributed by atoms with van der Waals surface area (Å²) < 4.78 is 0. The fraction of sp³-hybridized carbons (Fsp3) is 0.222. The summed E-state index contributed by atoms with van der Waals surface area (Å²) in [5, 5.41) is 31.2. The molecular weight excluding hydrogens is 322 g/mol. The molecule has 0 aliphatic heterocycles. The predicted octanol–water partition coefficient (Wildman–Crippen LogP) is 1.62. The minimum Gasteiger partial charge on any atom is -0.478 e. The Hall–Kier alpha value is -2.90. The van der Waals surface area contributed by atoms with Gasteiger partial charge < -0.3 is 20.2 Å². The van der Waals surface area contributed by atoms with Gasteiger partial charge in [0.05, 0.1) is 30.7 Å². The minimum atomic E-state index is -0.987. The second kappa shape index (κ2) is 9.41. The third-order valence-electron chi connectivity index (χ3n) is 3.51. The first-order chi connectivity index (χ1) is 12.1. The van der Waals surface area contributed by atoms with Crippen LogP contribution in [0.5, 0.6) is 0 Å². The highest BCUT2D eigenvalue weighted by Gasteiger charge is 2.05. The molecule has 2 rings (SSSR count). The van der Waals surface area contributed by atoms with E-state index in [2.05, 4.69) is 10.5 Å². The number of nitrogens with zero attached hydrogens (tertiary/aromatic N) is 2. The summed E-state index contributed by atoms with van der Waals surface area (Å²) in [5.74, 6) is -0.987. The molecular formula is C18H21N3O4. The van der Waals surface area contributed by atoms with Crippen molar-refractivity contribution in [2.45, 2.75) is 0 Å². The third kappa shape index (κ3) is 5.59. The summed E-state index contributed by atoms with van der Waals surface area (Å²) in [7, 11) is 0. The highest BCUT2D eigenvalue weighted by atomic mass is 16.4. The third-order valence-corrected chi connectivity index (χ3v) is 3.51. The molecule has 2 aromatic carbocycles. The van der Waals surface area contributed by atoms with Crippen molar-refractivity contribution >= 4 is 23.6 Å². The molecule has 0 amide bonds. The maximum atomic E-state index is 10.9. The van der Waals surface area contributed by atoms with E-state index >= 15 is 0 Å². The number of carboxylic acids is 1. The first kappa shape index (κ1) is 18.4. The molecule has 0 aromatic heterocycles. The first-order valence-corrected chi connectivity index (χ1v) is 7.83. The monoisotopic (exact) mass is 343 g/mol. The van der Waals surface area contributed by atoms with Crippen LogP contribution in [0, 0.1) is 0 Å². The van der Waals surface area contributed by atoms with Crippen molar-refractivity contribution in [3.63, 3.8) is 0 Å². The van der Waals surface area contributed by atoms with Crippen LogP contribution in [0.4, 0.5) is 11.4 Å². The van der Waals surface area contributed by atoms with Crippen LogP contribution in [0.2, 0.25) is 0 Å². The lowest BCUT2D eigenvalue weighted by molar-refractivity contribution is 0.0697. The SMILES string of the molecule is O=C(O)c1cccc(N/N=C/c2ccc(N(CCO)CCO)cc2)c1. The maximum absolute atomic E-state index is 10.9. The van der Waals surface area contributed by atoms with Gasteiger partial charge >= 0.3 is 5.97 Å². The van der Waals surface area contributed by atoms with E-state index in [0.29, 0.717) is 18.8 Å². The van der Waals surface area contributed by atoms with Crippen molar-refractivity contribution in [3.05, 3.63) is 59.7 Å². The van der Waals surface area contributed by atoms with E-state index in [4.69, 9.17) is 15.3 Å². The van der Waals surface area contributed by atoms with Crippen LogP contribution in [0.1, 0.15) is 15.9 Å². The number of aromatic carboxylic acids is 1. The van der Waals surface area contributed by atoms with E-state index in [1.54, 1.807) is 18.3 Å². The molecule has 0 saturated carbocycles. The van der Waals surface area contributed by atoms with Crippen LogP contribution >= 0.6 is 0 Å². The van der Waals surface area contributed by atoms with Gasteiger partial charge in [0.1, 0.15) is 0 Å². The molecule has 7 nitrogen and oxygen atoms in total. The topological polar surface area (TPSA) is 105 Å². The van der Waals surface area contributed by atoms with Crippen LogP contribution < -0.4 is 10.3 Å². The zero-order valence-electron chi connectivity index (χ0n) is 13.7. The lowest BCUT2D eigenvalue weighted by atomic mass is 10.2. The van der Waals surface area contributed by atoms with Gasteiger partial charge in [-0.1, -0.05) is 18.2 Å². The predicted molar refractivity (Wildman–Crippen MR) is 97.4 cm³/mol. The maximum Gasteiger partial charge on any atom is 0.335 e. The standard InChI is InChI=1S/C18H21N3O4/c22-10-8-21(9-11-23)17-6-4-14(5-7-17)13-19-20-16-3-1-2-15(12-16)18(24)25/h1-7,12-13,20,22-23H,8-11H2,(H,24,25)/b19-13+. The van der Waals surface area contributed by atoms with E-state index < -0.39 is 5.97 Å². The lowest BCUT2D eigenvalue weighted by Gasteiger charge is -2.22. The van der Waals surface area contributed by atoms with Crippen LogP contribution in [-0.4, -0.2) is 53.8 Å². The number of hydrazone groups is 1. The van der Waals surface area contributed by atoms with E-state index in [9.17, 15) is 4.79 Å². The normalized spacial score (nSPS) is 10.8. The fourth-order valence-electron chi connectivity index (χ4n) is 2.29. The zero-order valence-corrected chi connectivity index (χ0v) is 13.7. The Morgan fingerprint density at radius 1 is 1.08 bits per heavy atom. The van der Waals surface area contributed by atoms with Gasteiger partial charge in [0.15, 0.2) is 0 Å². The number of nitrogens with one attached hydrogen (secondary N) is 1. The second-order valence-corrected chi connectivity index (χ2v) is 5.28. The molecule has 7 heteroatoms. The Labute approximate surface area is 145 Å². The van der Waals surface area contributed by atoms with Crippen LogP contribution in [0.15, 0.2) is 53.6 Å². The van der Waals surface area contributed by atoms with Gasteiger partial charge in [0.25, 0.3) is 0 Å². The Kier molecular flexibility index (Phi) is 6.94. The Balaban J connectivity index is 1.99. The number of hydrogen-bond donors (Lipinski definition) is 4. The van der Waals surface area contributed by atoms with Crippen molar-refractivity contribution < 1.29 is 20.1 Å². The minimum absolute atomic E-state index is 0.0164. The molecule has 0 aliphatic rings. The van der Waals surface area contributed by atoms with Crippen molar-refractivity contribution in [2.24, 2.45) is 5.10 Å². The average Bonchev–Trinajstić information content (AvgIpc) is 2.62. The highest BCUT2D eigenvalue weighted by molar-refractivity contribution is 5.89. The number of benzene rings is 2. The molecule has 0 aliphatic carbocycles. The van der Waals surface area contributed by atoms with Gasteiger partial charge in [-0.3, -0.25) is 5.43 Å². The lowest BCUT2D eigenvalue weighted by Crippen LogP contribution is -2.29. The molecule has 132 valence electrons. The largest absolute Gasteiger partial charge is 0.478 e. The summed E-state index contributed by atoms with van der Waals surface area (Å²) in [6.07, 6.45) is 1.62. The Morgan fingerprint density at radius 2 is 1.76 bits per heavy atom. The number of hydrogen-bond acceptors (Lipinski definition) is 6. The number of anilines is 2. The first-order valence-electron chi connectivity index (χ1n) is 7.83. The molecule has 25 heavy (non-hydrogen) atoms. The van der Waals surface area contributed by atoms with Crippen LogP contribution in [0.3, 0.4) is 0 Å². The van der Waals surface area contributed by atoms with Gasteiger partial charge in [-0.15, -0.1) is 0 Å². The summed E-state index contributed by atoms with van der Waals surface area (Å²) in [6, 6.07) is 13.9. The summed E-state index contributed by atoms with van der Waals surface area (Å²) in [6.45, 7) is 0.940.